The van der Waals surface area contributed by atoms with Crippen LogP contribution in [0.4, 0.5) is 17.1 Å². The normalized spacial score (nSPS) is 13.8. The maximum absolute atomic E-state index is 6.48. The summed E-state index contributed by atoms with van der Waals surface area (Å²) in [5, 5.41) is 9.72. The van der Waals surface area contributed by atoms with E-state index in [1.54, 1.807) is 0 Å². The molecule has 2 nitrogen and oxygen atoms in total. The Morgan fingerprint density at radius 2 is 0.756 bits per heavy atom. The molecule has 0 spiro atoms. The molecule has 1 heterocycles. The molecule has 2 heteroatoms. The summed E-state index contributed by atoms with van der Waals surface area (Å²) in [6, 6.07) is 77.2. The Bertz CT molecular complexity index is 4250. The van der Waals surface area contributed by atoms with Crippen LogP contribution in [0.25, 0.3) is 98.8 Å². The molecule has 0 fully saturated rings. The van der Waals surface area contributed by atoms with Gasteiger partial charge in [0, 0.05) is 38.7 Å². The predicted octanol–water partition coefficient (Wildman–Crippen LogP) is 23.8. The summed E-state index contributed by atoms with van der Waals surface area (Å²) in [6.45, 7) is 14.0. The van der Waals surface area contributed by atoms with E-state index in [2.05, 4.69) is 247 Å². The van der Waals surface area contributed by atoms with Crippen molar-refractivity contribution in [1.29, 1.82) is 0 Å². The molecule has 82 heavy (non-hydrogen) atoms. The molecular weight excluding hydrogens is 991 g/mol. The highest BCUT2D eigenvalue weighted by molar-refractivity contribution is 6.26. The van der Waals surface area contributed by atoms with Crippen LogP contribution in [0.2, 0.25) is 0 Å². The number of hydrogen-bond acceptors (Lipinski definition) is 2. The molecule has 406 valence electrons. The van der Waals surface area contributed by atoms with Crippen molar-refractivity contribution in [2.75, 3.05) is 4.90 Å². The van der Waals surface area contributed by atoms with Crippen LogP contribution in [0.15, 0.2) is 205 Å². The Morgan fingerprint density at radius 1 is 0.341 bits per heavy atom. The summed E-state index contributed by atoms with van der Waals surface area (Å²) >= 11 is 0. The molecule has 2 aliphatic rings. The van der Waals surface area contributed by atoms with Gasteiger partial charge in [0.2, 0.25) is 0 Å². The highest BCUT2D eigenvalue weighted by Crippen LogP contribution is 2.59. The van der Waals surface area contributed by atoms with Crippen LogP contribution in [0.3, 0.4) is 0 Å². The van der Waals surface area contributed by atoms with Crippen LogP contribution in [0, 0.1) is 13.8 Å². The van der Waals surface area contributed by atoms with Gasteiger partial charge in [0.1, 0.15) is 11.2 Å². The average molecular weight is 1070 g/mol. The molecule has 0 radical (unpaired) electrons. The second kappa shape index (κ2) is 21.0. The lowest BCUT2D eigenvalue weighted by atomic mass is 9.70. The molecule has 0 bridgehead atoms. The second-order valence-corrected chi connectivity index (χ2v) is 24.3. The van der Waals surface area contributed by atoms with Gasteiger partial charge in [-0.2, -0.15) is 0 Å². The van der Waals surface area contributed by atoms with Gasteiger partial charge < -0.3 is 9.32 Å². The van der Waals surface area contributed by atoms with Crippen LogP contribution in [0.1, 0.15) is 138 Å². The van der Waals surface area contributed by atoms with E-state index in [0.717, 1.165) is 47.6 Å². The smallest absolute Gasteiger partial charge is 0.136 e. The van der Waals surface area contributed by atoms with Crippen molar-refractivity contribution in [3.8, 4) is 44.5 Å². The van der Waals surface area contributed by atoms with Crippen molar-refractivity contribution >= 4 is 71.3 Å². The molecule has 1 aromatic heterocycles. The Labute approximate surface area is 485 Å². The molecular formula is C80H75NO. The average Bonchev–Trinajstić information content (AvgIpc) is 3.34. The summed E-state index contributed by atoms with van der Waals surface area (Å²) < 4.78 is 6.48. The van der Waals surface area contributed by atoms with Crippen LogP contribution in [0.5, 0.6) is 0 Å². The van der Waals surface area contributed by atoms with Crippen molar-refractivity contribution in [3.63, 3.8) is 0 Å². The maximum Gasteiger partial charge on any atom is 0.136 e. The Balaban J connectivity index is 0.955. The van der Waals surface area contributed by atoms with E-state index < -0.39 is 0 Å². The molecule has 0 saturated carbocycles. The third-order valence-electron chi connectivity index (χ3n) is 19.3. The third kappa shape index (κ3) is 8.26. The number of rotatable bonds is 17. The number of hydrogen-bond donors (Lipinski definition) is 0. The minimum Gasteiger partial charge on any atom is -0.456 e. The monoisotopic (exact) mass is 1070 g/mol. The highest BCUT2D eigenvalue weighted by atomic mass is 16.3. The van der Waals surface area contributed by atoms with Gasteiger partial charge >= 0.3 is 0 Å². The van der Waals surface area contributed by atoms with Gasteiger partial charge in [-0.25, -0.2) is 0 Å². The molecule has 11 aromatic carbocycles. The minimum absolute atomic E-state index is 0.0371. The number of para-hydroxylation sites is 1. The standard InChI is InChI=1S/C80H75NO/c1-7-11-42-79(43-12-8-2)70-46-52(5)30-38-60(70)62-40-36-58(50-72(62)79)81(59-37-41-63-61-39-31-53(6)47-71(61)80(44-13-9-3,45-14-10-4)73(63)51-59)57-35-34-54-48-56(33-32-55(54)49-57)76-64-22-15-17-24-66(64)77(67-25-18-16-23-65(67)76)69-27-21-29-75-78(69)68-26-19-20-28-74(68)82-75/h15-41,46-51H,7-14,42-45H2,1-6H3. The maximum atomic E-state index is 6.48. The molecule has 12 aromatic rings. The lowest BCUT2D eigenvalue weighted by Gasteiger charge is -2.35. The molecule has 0 aliphatic heterocycles. The van der Waals surface area contributed by atoms with Gasteiger partial charge in [-0.05, 0) is 193 Å². The first kappa shape index (κ1) is 51.9. The molecule has 0 atom stereocenters. The van der Waals surface area contributed by atoms with Crippen molar-refractivity contribution < 1.29 is 4.42 Å². The summed E-state index contributed by atoms with van der Waals surface area (Å²) in [7, 11) is 0. The van der Waals surface area contributed by atoms with Crippen molar-refractivity contribution in [2.45, 2.75) is 129 Å². The van der Waals surface area contributed by atoms with E-state index in [4.69, 9.17) is 4.42 Å². The van der Waals surface area contributed by atoms with Gasteiger partial charge in [0.05, 0.1) is 0 Å². The largest absolute Gasteiger partial charge is 0.456 e. The van der Waals surface area contributed by atoms with Crippen molar-refractivity contribution in [1.82, 2.24) is 0 Å². The van der Waals surface area contributed by atoms with Crippen LogP contribution in [-0.2, 0) is 10.8 Å². The molecule has 0 saturated heterocycles. The number of benzene rings is 11. The second-order valence-electron chi connectivity index (χ2n) is 24.3. The SMILES string of the molecule is CCCCC1(CCCC)c2cc(C)ccc2-c2ccc(N(c3ccc4c(c3)C(CCCC)(CCCC)c3cc(C)ccc3-4)c3ccc4cc(-c5c6ccccc6c(-c6cccc7oc8ccccc8c67)c6ccccc56)ccc4c3)cc21. The number of nitrogens with zero attached hydrogens (tertiary/aromatic N) is 1. The van der Waals surface area contributed by atoms with Gasteiger partial charge in [-0.1, -0.05) is 236 Å². The molecule has 0 N–H and O–H groups in total. The minimum atomic E-state index is -0.0371. The van der Waals surface area contributed by atoms with Crippen LogP contribution < -0.4 is 4.90 Å². The number of fused-ring (bicyclic) bond motifs is 12. The number of furan rings is 1. The fourth-order valence-corrected chi connectivity index (χ4v) is 15.4. The highest BCUT2D eigenvalue weighted by Gasteiger charge is 2.44. The van der Waals surface area contributed by atoms with E-state index in [1.807, 2.05) is 0 Å². The van der Waals surface area contributed by atoms with Gasteiger partial charge in [-0.15, -0.1) is 0 Å². The Kier molecular flexibility index (Phi) is 13.3. The zero-order chi connectivity index (χ0) is 55.7. The van der Waals surface area contributed by atoms with Crippen molar-refractivity contribution in [3.05, 3.63) is 234 Å². The molecule has 2 aliphatic carbocycles. The van der Waals surface area contributed by atoms with Gasteiger partial charge in [0.15, 0.2) is 0 Å². The molecule has 0 amide bonds. The number of aryl methyl sites for hydroxylation is 2. The molecule has 0 unspecified atom stereocenters. The summed E-state index contributed by atoms with van der Waals surface area (Å²) in [4.78, 5) is 2.62. The third-order valence-corrected chi connectivity index (χ3v) is 19.3. The summed E-state index contributed by atoms with van der Waals surface area (Å²) in [5.41, 5.74) is 24.8. The Morgan fingerprint density at radius 3 is 1.28 bits per heavy atom. The predicted molar refractivity (Wildman–Crippen MR) is 352 cm³/mol. The first-order chi connectivity index (χ1) is 40.3. The van der Waals surface area contributed by atoms with E-state index in [0.29, 0.717) is 0 Å². The van der Waals surface area contributed by atoms with E-state index in [1.165, 1.54) is 179 Å². The van der Waals surface area contributed by atoms with Crippen molar-refractivity contribution in [2.24, 2.45) is 0 Å². The zero-order valence-corrected chi connectivity index (χ0v) is 48.9. The zero-order valence-electron chi connectivity index (χ0n) is 48.9. The van der Waals surface area contributed by atoms with E-state index in [-0.39, 0.29) is 10.8 Å². The van der Waals surface area contributed by atoms with Gasteiger partial charge in [0.25, 0.3) is 0 Å². The van der Waals surface area contributed by atoms with Gasteiger partial charge in [-0.3, -0.25) is 0 Å². The Hall–Kier alpha value is -8.20. The lowest BCUT2D eigenvalue weighted by molar-refractivity contribution is 0.414. The first-order valence-electron chi connectivity index (χ1n) is 31.0. The van der Waals surface area contributed by atoms with Crippen LogP contribution >= 0.6 is 0 Å². The lowest BCUT2D eigenvalue weighted by Crippen LogP contribution is -2.26. The number of unbranched alkanes of at least 4 members (excludes halogenated alkanes) is 4. The first-order valence-corrected chi connectivity index (χ1v) is 31.0. The summed E-state index contributed by atoms with van der Waals surface area (Å²) in [5.74, 6) is 0. The van der Waals surface area contributed by atoms with E-state index >= 15 is 0 Å². The molecule has 14 rings (SSSR count). The summed E-state index contributed by atoms with van der Waals surface area (Å²) in [6.07, 6.45) is 14.2. The quantitative estimate of drug-likeness (QED) is 0.0845. The fourth-order valence-electron chi connectivity index (χ4n) is 15.4. The topological polar surface area (TPSA) is 16.4 Å². The fraction of sp³-hybridized carbons (Fsp3) is 0.250. The van der Waals surface area contributed by atoms with E-state index in [9.17, 15) is 0 Å². The number of anilines is 3. The van der Waals surface area contributed by atoms with Crippen LogP contribution in [-0.4, -0.2) is 0 Å².